The molecule has 3 nitrogen and oxygen atoms in total. The van der Waals surface area contributed by atoms with Crippen LogP contribution in [0.3, 0.4) is 0 Å². The third-order valence-corrected chi connectivity index (χ3v) is 4.40. The molecule has 1 aliphatic carbocycles. The molecule has 19 heavy (non-hydrogen) atoms. The van der Waals surface area contributed by atoms with Gasteiger partial charge in [0, 0.05) is 12.0 Å². The summed E-state index contributed by atoms with van der Waals surface area (Å²) in [4.78, 5) is 0. The first kappa shape index (κ1) is 14.5. The lowest BCUT2D eigenvalue weighted by molar-refractivity contribution is -0.0887. The first-order valence-electron chi connectivity index (χ1n) is 7.27. The van der Waals surface area contributed by atoms with Crippen LogP contribution >= 0.6 is 0 Å². The van der Waals surface area contributed by atoms with Gasteiger partial charge in [-0.3, -0.25) is 0 Å². The zero-order valence-electron chi connectivity index (χ0n) is 11.6. The number of aliphatic hydroxyl groups excluding tert-OH is 1. The molecule has 106 valence electrons. The van der Waals surface area contributed by atoms with E-state index in [2.05, 4.69) is 0 Å². The SMILES string of the molecule is NCC1(C(CO)OCc2ccccc2)CCCCC1. The molecule has 0 heterocycles. The van der Waals surface area contributed by atoms with E-state index in [1.807, 2.05) is 30.3 Å². The lowest BCUT2D eigenvalue weighted by Gasteiger charge is -2.41. The van der Waals surface area contributed by atoms with E-state index in [-0.39, 0.29) is 18.1 Å². The molecule has 0 bridgehead atoms. The van der Waals surface area contributed by atoms with E-state index in [0.717, 1.165) is 18.4 Å². The summed E-state index contributed by atoms with van der Waals surface area (Å²) < 4.78 is 5.98. The first-order valence-corrected chi connectivity index (χ1v) is 7.27. The zero-order valence-corrected chi connectivity index (χ0v) is 11.6. The van der Waals surface area contributed by atoms with E-state index in [9.17, 15) is 5.11 Å². The minimum Gasteiger partial charge on any atom is -0.394 e. The Balaban J connectivity index is 1.98. The molecular formula is C16H25NO2. The van der Waals surface area contributed by atoms with Crippen molar-refractivity contribution in [1.82, 2.24) is 0 Å². The molecule has 3 heteroatoms. The van der Waals surface area contributed by atoms with Crippen LogP contribution in [-0.2, 0) is 11.3 Å². The van der Waals surface area contributed by atoms with Crippen molar-refractivity contribution in [2.24, 2.45) is 11.1 Å². The fourth-order valence-corrected chi connectivity index (χ4v) is 3.11. The van der Waals surface area contributed by atoms with Crippen LogP contribution in [-0.4, -0.2) is 24.4 Å². The van der Waals surface area contributed by atoms with Crippen LogP contribution in [0, 0.1) is 5.41 Å². The van der Waals surface area contributed by atoms with Crippen molar-refractivity contribution in [1.29, 1.82) is 0 Å². The smallest absolute Gasteiger partial charge is 0.0878 e. The minimum atomic E-state index is -0.141. The van der Waals surface area contributed by atoms with Crippen LogP contribution in [0.5, 0.6) is 0 Å². The number of rotatable bonds is 6. The highest BCUT2D eigenvalue weighted by atomic mass is 16.5. The average Bonchev–Trinajstić information content (AvgIpc) is 2.50. The fraction of sp³-hybridized carbons (Fsp3) is 0.625. The summed E-state index contributed by atoms with van der Waals surface area (Å²) in [5.74, 6) is 0. The number of hydrogen-bond acceptors (Lipinski definition) is 3. The van der Waals surface area contributed by atoms with Gasteiger partial charge in [0.2, 0.25) is 0 Å². The summed E-state index contributed by atoms with van der Waals surface area (Å²) in [7, 11) is 0. The van der Waals surface area contributed by atoms with Crippen molar-refractivity contribution < 1.29 is 9.84 Å². The predicted molar refractivity (Wildman–Crippen MR) is 76.7 cm³/mol. The predicted octanol–water partition coefficient (Wildman–Crippen LogP) is 2.47. The van der Waals surface area contributed by atoms with Gasteiger partial charge in [-0.1, -0.05) is 49.6 Å². The van der Waals surface area contributed by atoms with Crippen molar-refractivity contribution in [3.8, 4) is 0 Å². The maximum Gasteiger partial charge on any atom is 0.0878 e. The van der Waals surface area contributed by atoms with E-state index in [1.54, 1.807) is 0 Å². The molecule has 0 aromatic heterocycles. The van der Waals surface area contributed by atoms with Crippen molar-refractivity contribution in [2.45, 2.75) is 44.8 Å². The van der Waals surface area contributed by atoms with E-state index >= 15 is 0 Å². The first-order chi connectivity index (χ1) is 9.30. The van der Waals surface area contributed by atoms with Crippen LogP contribution < -0.4 is 5.73 Å². The normalized spacial score (nSPS) is 20.1. The molecular weight excluding hydrogens is 238 g/mol. The molecule has 0 spiro atoms. The molecule has 0 radical (unpaired) electrons. The van der Waals surface area contributed by atoms with Crippen molar-refractivity contribution >= 4 is 0 Å². The van der Waals surface area contributed by atoms with Crippen molar-refractivity contribution in [2.75, 3.05) is 13.2 Å². The molecule has 0 aliphatic heterocycles. The van der Waals surface area contributed by atoms with E-state index in [1.165, 1.54) is 19.3 Å². The Morgan fingerprint density at radius 2 is 1.84 bits per heavy atom. The summed E-state index contributed by atoms with van der Waals surface area (Å²) in [5.41, 5.74) is 7.11. The zero-order chi connectivity index (χ0) is 13.6. The number of hydrogen-bond donors (Lipinski definition) is 2. The summed E-state index contributed by atoms with van der Waals surface area (Å²) in [6, 6.07) is 10.1. The lowest BCUT2D eigenvalue weighted by atomic mass is 9.70. The van der Waals surface area contributed by atoms with E-state index < -0.39 is 0 Å². The number of nitrogens with two attached hydrogens (primary N) is 1. The largest absolute Gasteiger partial charge is 0.394 e. The van der Waals surface area contributed by atoms with Gasteiger partial charge in [-0.05, 0) is 18.4 Å². The molecule has 1 aromatic rings. The Hall–Kier alpha value is -0.900. The second-order valence-electron chi connectivity index (χ2n) is 5.59. The Bertz CT molecular complexity index is 360. The van der Waals surface area contributed by atoms with Crippen LogP contribution in [0.25, 0.3) is 0 Å². The van der Waals surface area contributed by atoms with Crippen molar-refractivity contribution in [3.63, 3.8) is 0 Å². The maximum absolute atomic E-state index is 9.67. The fourth-order valence-electron chi connectivity index (χ4n) is 3.11. The molecule has 1 saturated carbocycles. The van der Waals surface area contributed by atoms with Gasteiger partial charge in [0.15, 0.2) is 0 Å². The highest BCUT2D eigenvalue weighted by molar-refractivity contribution is 5.13. The summed E-state index contributed by atoms with van der Waals surface area (Å²) in [5, 5.41) is 9.67. The Morgan fingerprint density at radius 1 is 1.16 bits per heavy atom. The van der Waals surface area contributed by atoms with Crippen LogP contribution in [0.15, 0.2) is 30.3 Å². The third-order valence-electron chi connectivity index (χ3n) is 4.40. The van der Waals surface area contributed by atoms with Gasteiger partial charge in [-0.15, -0.1) is 0 Å². The molecule has 1 fully saturated rings. The van der Waals surface area contributed by atoms with Gasteiger partial charge in [-0.2, -0.15) is 0 Å². The Morgan fingerprint density at radius 3 is 2.42 bits per heavy atom. The molecule has 1 aromatic carbocycles. The van der Waals surface area contributed by atoms with Crippen LogP contribution in [0.2, 0.25) is 0 Å². The molecule has 1 unspecified atom stereocenters. The van der Waals surface area contributed by atoms with Gasteiger partial charge in [0.05, 0.1) is 19.3 Å². The Kier molecular flexibility index (Phi) is 5.37. The number of aliphatic hydroxyl groups is 1. The van der Waals surface area contributed by atoms with E-state index in [4.69, 9.17) is 10.5 Å². The van der Waals surface area contributed by atoms with E-state index in [0.29, 0.717) is 13.2 Å². The third kappa shape index (κ3) is 3.56. The molecule has 3 N–H and O–H groups in total. The highest BCUT2D eigenvalue weighted by Crippen LogP contribution is 2.39. The minimum absolute atomic E-state index is 0.0260. The van der Waals surface area contributed by atoms with Crippen LogP contribution in [0.4, 0.5) is 0 Å². The second kappa shape index (κ2) is 7.04. The monoisotopic (exact) mass is 263 g/mol. The summed E-state index contributed by atoms with van der Waals surface area (Å²) >= 11 is 0. The average molecular weight is 263 g/mol. The van der Waals surface area contributed by atoms with Gasteiger partial charge >= 0.3 is 0 Å². The number of ether oxygens (including phenoxy) is 1. The number of benzene rings is 1. The topological polar surface area (TPSA) is 55.5 Å². The molecule has 1 aliphatic rings. The maximum atomic E-state index is 9.67. The highest BCUT2D eigenvalue weighted by Gasteiger charge is 2.39. The molecule has 1 atom stereocenters. The van der Waals surface area contributed by atoms with Gasteiger partial charge in [0.25, 0.3) is 0 Å². The second-order valence-corrected chi connectivity index (χ2v) is 5.59. The molecule has 0 saturated heterocycles. The van der Waals surface area contributed by atoms with Crippen LogP contribution in [0.1, 0.15) is 37.7 Å². The van der Waals surface area contributed by atoms with Gasteiger partial charge in [-0.25, -0.2) is 0 Å². The van der Waals surface area contributed by atoms with Gasteiger partial charge in [0.1, 0.15) is 0 Å². The summed E-state index contributed by atoms with van der Waals surface area (Å²) in [6.45, 7) is 1.21. The molecule has 0 amide bonds. The Labute approximate surface area is 115 Å². The quantitative estimate of drug-likeness (QED) is 0.829. The standard InChI is InChI=1S/C16H25NO2/c17-13-16(9-5-2-6-10-16)15(11-18)19-12-14-7-3-1-4-8-14/h1,3-4,7-8,15,18H,2,5-6,9-13,17H2. The lowest BCUT2D eigenvalue weighted by Crippen LogP contribution is -2.46. The van der Waals surface area contributed by atoms with Gasteiger partial charge < -0.3 is 15.6 Å². The van der Waals surface area contributed by atoms with Crippen molar-refractivity contribution in [3.05, 3.63) is 35.9 Å². The molecule has 2 rings (SSSR count). The summed E-state index contributed by atoms with van der Waals surface area (Å²) in [6.07, 6.45) is 5.68.